The predicted octanol–water partition coefficient (Wildman–Crippen LogP) is 8.11. The molecule has 0 aliphatic heterocycles. The van der Waals surface area contributed by atoms with Crippen molar-refractivity contribution in [3.05, 3.63) is 85.1 Å². The van der Waals surface area contributed by atoms with Gasteiger partial charge in [0.1, 0.15) is 0 Å². The average molecular weight is 590 g/mol. The Morgan fingerprint density at radius 3 is 1.71 bits per heavy atom. The van der Waals surface area contributed by atoms with Crippen LogP contribution in [0.5, 0.6) is 0 Å². The fraction of sp³-hybridized carbons (Fsp3) is 0.559. The van der Waals surface area contributed by atoms with Crippen LogP contribution in [0.25, 0.3) is 0 Å². The molecule has 41 heavy (non-hydrogen) atoms. The molecule has 0 aliphatic rings. The molecule has 3 N–H and O–H groups in total. The molecule has 0 aromatic carbocycles. The molecule has 2 atom stereocenters. The Bertz CT molecular complexity index is 958. The number of hydrogen-bond acceptors (Lipinski definition) is 4. The van der Waals surface area contributed by atoms with Crippen molar-refractivity contribution in [1.82, 2.24) is 5.32 Å². The summed E-state index contributed by atoms with van der Waals surface area (Å²) >= 11 is 0. The minimum absolute atomic E-state index is 0.227. The molecule has 0 saturated carbocycles. The molecule has 2 unspecified atom stereocenters. The van der Waals surface area contributed by atoms with Crippen molar-refractivity contribution in [2.45, 2.75) is 116 Å². The lowest BCUT2D eigenvalue weighted by Crippen LogP contribution is -2.46. The van der Waals surface area contributed by atoms with Gasteiger partial charge in [0.25, 0.3) is 10.1 Å². The predicted molar refractivity (Wildman–Crippen MR) is 174 cm³/mol. The normalized spacial score (nSPS) is 14.7. The number of carbonyl (C=O) groups is 1. The van der Waals surface area contributed by atoms with Crippen LogP contribution in [0.15, 0.2) is 85.1 Å². The van der Waals surface area contributed by atoms with E-state index in [1.54, 1.807) is 6.08 Å². The van der Waals surface area contributed by atoms with Crippen LogP contribution in [-0.4, -0.2) is 41.9 Å². The molecule has 1 amide bonds. The molecule has 0 fully saturated rings. The van der Waals surface area contributed by atoms with E-state index in [-0.39, 0.29) is 12.3 Å². The fourth-order valence-electron chi connectivity index (χ4n) is 3.77. The van der Waals surface area contributed by atoms with Crippen molar-refractivity contribution < 1.29 is 22.9 Å². The molecule has 6 nitrogen and oxygen atoms in total. The van der Waals surface area contributed by atoms with Crippen LogP contribution in [0.3, 0.4) is 0 Å². The Labute approximate surface area is 250 Å². The highest BCUT2D eigenvalue weighted by atomic mass is 32.2. The van der Waals surface area contributed by atoms with Crippen LogP contribution in [0, 0.1) is 0 Å². The van der Waals surface area contributed by atoms with Gasteiger partial charge in [-0.05, 0) is 77.0 Å². The summed E-state index contributed by atoms with van der Waals surface area (Å²) in [6.07, 6.45) is 40.0. The summed E-state index contributed by atoms with van der Waals surface area (Å²) in [6, 6.07) is -1.10. The van der Waals surface area contributed by atoms with E-state index in [9.17, 15) is 22.9 Å². The molecule has 232 valence electrons. The van der Waals surface area contributed by atoms with Gasteiger partial charge >= 0.3 is 0 Å². The topological polar surface area (TPSA) is 104 Å². The summed E-state index contributed by atoms with van der Waals surface area (Å²) in [4.78, 5) is 12.4. The van der Waals surface area contributed by atoms with Gasteiger partial charge in [-0.25, -0.2) is 0 Å². The number of carbonyl (C=O) groups excluding carboxylic acids is 1. The van der Waals surface area contributed by atoms with Crippen LogP contribution < -0.4 is 5.32 Å². The van der Waals surface area contributed by atoms with Crippen LogP contribution in [0.1, 0.15) is 104 Å². The van der Waals surface area contributed by atoms with Crippen molar-refractivity contribution in [1.29, 1.82) is 0 Å². The van der Waals surface area contributed by atoms with Crippen LogP contribution in [0.4, 0.5) is 0 Å². The number of allylic oxidation sites excluding steroid dienone is 13. The zero-order chi connectivity index (χ0) is 30.4. The summed E-state index contributed by atoms with van der Waals surface area (Å²) in [5.74, 6) is -1.08. The molecule has 0 saturated heterocycles. The van der Waals surface area contributed by atoms with Crippen molar-refractivity contribution in [3.8, 4) is 0 Å². The van der Waals surface area contributed by atoms with Crippen molar-refractivity contribution in [2.75, 3.05) is 5.75 Å². The molecule has 0 radical (unpaired) electrons. The third-order valence-electron chi connectivity index (χ3n) is 6.01. The van der Waals surface area contributed by atoms with Crippen LogP contribution >= 0.6 is 0 Å². The number of hydrogen-bond donors (Lipinski definition) is 3. The first-order valence-electron chi connectivity index (χ1n) is 15.3. The van der Waals surface area contributed by atoms with Gasteiger partial charge in [0.05, 0.1) is 17.9 Å². The Morgan fingerprint density at radius 2 is 1.17 bits per heavy atom. The van der Waals surface area contributed by atoms with Gasteiger partial charge in [-0.15, -0.1) is 0 Å². The highest BCUT2D eigenvalue weighted by molar-refractivity contribution is 7.85. The maximum absolute atomic E-state index is 12.4. The van der Waals surface area contributed by atoms with E-state index in [2.05, 4.69) is 92.1 Å². The van der Waals surface area contributed by atoms with Crippen molar-refractivity contribution in [2.24, 2.45) is 0 Å². The Hall–Kier alpha value is -2.48. The third kappa shape index (κ3) is 28.8. The number of rotatable bonds is 25. The van der Waals surface area contributed by atoms with E-state index in [1.807, 2.05) is 0 Å². The minimum Gasteiger partial charge on any atom is -0.387 e. The van der Waals surface area contributed by atoms with E-state index >= 15 is 0 Å². The lowest BCUT2D eigenvalue weighted by molar-refractivity contribution is -0.122. The first-order valence-corrected chi connectivity index (χ1v) is 16.9. The molecular formula is C34H55NO5S. The van der Waals surface area contributed by atoms with Crippen LogP contribution in [0.2, 0.25) is 0 Å². The number of aliphatic hydroxyl groups is 1. The monoisotopic (exact) mass is 589 g/mol. The van der Waals surface area contributed by atoms with Gasteiger partial charge in [-0.1, -0.05) is 105 Å². The number of amides is 1. The maximum Gasteiger partial charge on any atom is 0.267 e. The summed E-state index contributed by atoms with van der Waals surface area (Å²) in [5.41, 5.74) is 0. The summed E-state index contributed by atoms with van der Waals surface area (Å²) in [5, 5.41) is 13.0. The standard InChI is InChI=1S/C34H55NO5S/c1-3-5-7-9-11-13-15-16-17-18-20-22-24-26-28-30-34(37)35-32(31-41(38,39)40)33(36)29-27-25-23-21-19-14-12-10-8-6-4-2/h5,7-8,10-11,13,16-17,19-22,27,29,32-33,36H,3-4,6,9,12,14-15,18,23-26,28,30-31H2,1-2H3,(H,35,37)(H,38,39,40)/b7-5-,10-8+,13-11-,17-16-,21-19+,22-20-,29-27+. The Morgan fingerprint density at radius 1 is 0.683 bits per heavy atom. The Kier molecular flexibility index (Phi) is 26.0. The summed E-state index contributed by atoms with van der Waals surface area (Å²) < 4.78 is 32.1. The van der Waals surface area contributed by atoms with Gasteiger partial charge in [-0.2, -0.15) is 8.42 Å². The molecule has 0 aromatic rings. The summed E-state index contributed by atoms with van der Waals surface area (Å²) in [7, 11) is -4.37. The highest BCUT2D eigenvalue weighted by Crippen LogP contribution is 2.07. The molecular weight excluding hydrogens is 534 g/mol. The lowest BCUT2D eigenvalue weighted by Gasteiger charge is -2.21. The van der Waals surface area contributed by atoms with E-state index < -0.39 is 28.0 Å². The lowest BCUT2D eigenvalue weighted by atomic mass is 10.1. The second kappa shape index (κ2) is 27.7. The smallest absolute Gasteiger partial charge is 0.267 e. The zero-order valence-electron chi connectivity index (χ0n) is 25.4. The largest absolute Gasteiger partial charge is 0.387 e. The van der Waals surface area contributed by atoms with Gasteiger partial charge < -0.3 is 10.4 Å². The Balaban J connectivity index is 4.28. The molecule has 0 aliphatic carbocycles. The van der Waals surface area contributed by atoms with Crippen LogP contribution in [-0.2, 0) is 14.9 Å². The number of unbranched alkanes of at least 4 members (excludes halogenated alkanes) is 5. The van der Waals surface area contributed by atoms with E-state index in [4.69, 9.17) is 0 Å². The van der Waals surface area contributed by atoms with Crippen molar-refractivity contribution in [3.63, 3.8) is 0 Å². The van der Waals surface area contributed by atoms with Gasteiger partial charge in [0.2, 0.25) is 5.91 Å². The number of aliphatic hydroxyl groups excluding tert-OH is 1. The van der Waals surface area contributed by atoms with E-state index in [0.717, 1.165) is 70.6 Å². The van der Waals surface area contributed by atoms with Gasteiger partial charge in [0.15, 0.2) is 0 Å². The third-order valence-corrected chi connectivity index (χ3v) is 6.79. The van der Waals surface area contributed by atoms with Crippen molar-refractivity contribution >= 4 is 16.0 Å². The second-order valence-corrected chi connectivity index (χ2v) is 11.5. The van der Waals surface area contributed by atoms with Gasteiger partial charge in [-0.3, -0.25) is 9.35 Å². The molecule has 0 aromatic heterocycles. The quantitative estimate of drug-likeness (QED) is 0.0567. The average Bonchev–Trinajstić information content (AvgIpc) is 2.92. The van der Waals surface area contributed by atoms with E-state index in [0.29, 0.717) is 12.8 Å². The zero-order valence-corrected chi connectivity index (χ0v) is 26.2. The fourth-order valence-corrected chi connectivity index (χ4v) is 4.50. The first-order chi connectivity index (χ1) is 19.8. The van der Waals surface area contributed by atoms with Gasteiger partial charge in [0, 0.05) is 6.42 Å². The highest BCUT2D eigenvalue weighted by Gasteiger charge is 2.24. The maximum atomic E-state index is 12.4. The SMILES string of the molecule is CC/C=C\C/C=C\C/C=C\C/C=C\CCCCC(=O)NC(CS(=O)(=O)O)C(O)/C=C/CC/C=C/CC/C=C/CCC. The van der Waals surface area contributed by atoms with E-state index in [1.165, 1.54) is 6.08 Å². The molecule has 0 bridgehead atoms. The minimum atomic E-state index is -4.37. The second-order valence-electron chi connectivity index (χ2n) is 9.97. The molecule has 0 heterocycles. The molecule has 0 spiro atoms. The number of nitrogens with one attached hydrogen (secondary N) is 1. The molecule has 0 rings (SSSR count). The first kappa shape index (κ1) is 38.5. The molecule has 7 heteroatoms. The summed E-state index contributed by atoms with van der Waals surface area (Å²) in [6.45, 7) is 4.28.